The van der Waals surface area contributed by atoms with Crippen LogP contribution in [0.2, 0.25) is 0 Å². The van der Waals surface area contributed by atoms with Gasteiger partial charge in [0, 0.05) is 39.0 Å². The molecule has 1 aromatic carbocycles. The van der Waals surface area contributed by atoms with Gasteiger partial charge in [-0.1, -0.05) is 6.92 Å². The molecule has 2 rings (SSSR count). The van der Waals surface area contributed by atoms with E-state index in [1.54, 1.807) is 13.2 Å². The van der Waals surface area contributed by atoms with Gasteiger partial charge in [-0.05, 0) is 36.1 Å². The molecule has 1 saturated heterocycles. The number of anilines is 1. The molecule has 0 aliphatic carbocycles. The van der Waals surface area contributed by atoms with Crippen molar-refractivity contribution in [2.45, 2.75) is 26.0 Å². The van der Waals surface area contributed by atoms with E-state index in [4.69, 9.17) is 4.74 Å². The van der Waals surface area contributed by atoms with Crippen LogP contribution in [0.4, 0.5) is 10.1 Å². The van der Waals surface area contributed by atoms with Crippen LogP contribution in [-0.4, -0.2) is 44.6 Å². The predicted molar refractivity (Wildman–Crippen MR) is 82.0 cm³/mol. The van der Waals surface area contributed by atoms with Gasteiger partial charge in [-0.3, -0.25) is 0 Å². The van der Waals surface area contributed by atoms with Crippen molar-refractivity contribution in [2.75, 3.05) is 38.3 Å². The zero-order chi connectivity index (χ0) is 15.2. The zero-order valence-electron chi connectivity index (χ0n) is 12.8. The third kappa shape index (κ3) is 4.40. The first-order valence-electron chi connectivity index (χ1n) is 7.53. The van der Waals surface area contributed by atoms with Gasteiger partial charge in [0.1, 0.15) is 5.82 Å². The van der Waals surface area contributed by atoms with Crippen LogP contribution >= 0.6 is 0 Å². The van der Waals surface area contributed by atoms with Gasteiger partial charge in [0.05, 0.1) is 12.7 Å². The number of halogens is 1. The molecule has 1 heterocycles. The first-order valence-corrected chi connectivity index (χ1v) is 7.53. The predicted octanol–water partition coefficient (Wildman–Crippen LogP) is 1.77. The summed E-state index contributed by atoms with van der Waals surface area (Å²) in [6.07, 6.45) is 0.528. The molecule has 0 saturated carbocycles. The second kappa shape index (κ2) is 7.73. The average Bonchev–Trinajstić information content (AvgIpc) is 2.47. The van der Waals surface area contributed by atoms with E-state index in [0.29, 0.717) is 13.2 Å². The van der Waals surface area contributed by atoms with Crippen LogP contribution in [0.3, 0.4) is 0 Å². The number of aliphatic hydroxyl groups is 1. The minimum absolute atomic E-state index is 0.215. The molecule has 0 radical (unpaired) electrons. The van der Waals surface area contributed by atoms with Crippen LogP contribution < -0.4 is 10.2 Å². The van der Waals surface area contributed by atoms with E-state index in [1.165, 1.54) is 6.07 Å². The molecule has 4 nitrogen and oxygen atoms in total. The van der Waals surface area contributed by atoms with E-state index in [1.807, 2.05) is 6.07 Å². The minimum Gasteiger partial charge on any atom is -0.393 e. The fourth-order valence-electron chi connectivity index (χ4n) is 2.75. The normalized spacial score (nSPS) is 22.6. The van der Waals surface area contributed by atoms with Crippen LogP contribution in [-0.2, 0) is 11.3 Å². The molecule has 1 aliphatic heterocycles. The summed E-state index contributed by atoms with van der Waals surface area (Å²) in [6, 6.07) is 4.93. The quantitative estimate of drug-likeness (QED) is 0.785. The number of aliphatic hydroxyl groups excluding tert-OH is 1. The molecule has 1 aliphatic rings. The smallest absolute Gasteiger partial charge is 0.123 e. The number of nitrogens with zero attached hydrogens (tertiary/aromatic N) is 1. The van der Waals surface area contributed by atoms with Crippen molar-refractivity contribution in [3.63, 3.8) is 0 Å². The van der Waals surface area contributed by atoms with Gasteiger partial charge in [0.2, 0.25) is 0 Å². The summed E-state index contributed by atoms with van der Waals surface area (Å²) in [5, 5.41) is 13.1. The van der Waals surface area contributed by atoms with Crippen LogP contribution in [0.1, 0.15) is 18.9 Å². The van der Waals surface area contributed by atoms with E-state index in [9.17, 15) is 9.50 Å². The lowest BCUT2D eigenvalue weighted by Crippen LogP contribution is -2.42. The van der Waals surface area contributed by atoms with E-state index in [0.717, 1.165) is 37.3 Å². The highest BCUT2D eigenvalue weighted by Crippen LogP contribution is 2.27. The summed E-state index contributed by atoms with van der Waals surface area (Å²) < 4.78 is 18.5. The van der Waals surface area contributed by atoms with E-state index in [-0.39, 0.29) is 17.8 Å². The Morgan fingerprint density at radius 3 is 3.00 bits per heavy atom. The summed E-state index contributed by atoms with van der Waals surface area (Å²) in [5.74, 6) is 0.0190. The van der Waals surface area contributed by atoms with Gasteiger partial charge >= 0.3 is 0 Å². The van der Waals surface area contributed by atoms with Crippen molar-refractivity contribution in [1.29, 1.82) is 0 Å². The summed E-state index contributed by atoms with van der Waals surface area (Å²) in [4.78, 5) is 2.24. The molecule has 0 amide bonds. The lowest BCUT2D eigenvalue weighted by atomic mass is 9.95. The van der Waals surface area contributed by atoms with Crippen molar-refractivity contribution < 1.29 is 14.2 Å². The topological polar surface area (TPSA) is 44.7 Å². The molecule has 2 N–H and O–H groups in total. The molecule has 118 valence electrons. The van der Waals surface area contributed by atoms with Crippen molar-refractivity contribution >= 4 is 5.69 Å². The second-order valence-electron chi connectivity index (χ2n) is 5.72. The lowest BCUT2D eigenvalue weighted by Gasteiger charge is -2.37. The fourth-order valence-corrected chi connectivity index (χ4v) is 2.75. The number of hydrogen-bond acceptors (Lipinski definition) is 4. The average molecular weight is 296 g/mol. The van der Waals surface area contributed by atoms with Crippen molar-refractivity contribution in [3.8, 4) is 0 Å². The molecule has 21 heavy (non-hydrogen) atoms. The highest BCUT2D eigenvalue weighted by atomic mass is 19.1. The van der Waals surface area contributed by atoms with E-state index >= 15 is 0 Å². The highest BCUT2D eigenvalue weighted by molar-refractivity contribution is 5.54. The molecule has 1 fully saturated rings. The molecular weight excluding hydrogens is 271 g/mol. The number of ether oxygens (including phenoxy) is 1. The molecular formula is C16H25FN2O2. The third-order valence-electron chi connectivity index (χ3n) is 4.04. The van der Waals surface area contributed by atoms with Crippen molar-refractivity contribution in [1.82, 2.24) is 5.32 Å². The number of rotatable bonds is 6. The van der Waals surface area contributed by atoms with Crippen molar-refractivity contribution in [3.05, 3.63) is 29.6 Å². The van der Waals surface area contributed by atoms with Gasteiger partial charge in [-0.25, -0.2) is 4.39 Å². The SMILES string of the molecule is COCCNCc1cc(F)ccc1N1CCC(O)C(C)C1. The number of methoxy groups -OCH3 is 1. The number of hydrogen-bond donors (Lipinski definition) is 2. The van der Waals surface area contributed by atoms with Crippen LogP contribution in [0.15, 0.2) is 18.2 Å². The maximum Gasteiger partial charge on any atom is 0.123 e. The van der Waals surface area contributed by atoms with Crippen LogP contribution in [0, 0.1) is 11.7 Å². The van der Waals surface area contributed by atoms with Gasteiger partial charge in [-0.2, -0.15) is 0 Å². The molecule has 0 bridgehead atoms. The number of benzene rings is 1. The van der Waals surface area contributed by atoms with Gasteiger partial charge in [0.25, 0.3) is 0 Å². The summed E-state index contributed by atoms with van der Waals surface area (Å²) in [6.45, 7) is 5.65. The Bertz CT molecular complexity index is 456. The molecule has 2 unspecified atom stereocenters. The van der Waals surface area contributed by atoms with E-state index in [2.05, 4.69) is 17.1 Å². The van der Waals surface area contributed by atoms with Crippen LogP contribution in [0.25, 0.3) is 0 Å². The monoisotopic (exact) mass is 296 g/mol. The minimum atomic E-state index is -0.232. The molecule has 0 spiro atoms. The maximum atomic E-state index is 13.5. The Morgan fingerprint density at radius 1 is 1.48 bits per heavy atom. The third-order valence-corrected chi connectivity index (χ3v) is 4.04. The highest BCUT2D eigenvalue weighted by Gasteiger charge is 2.25. The first-order chi connectivity index (χ1) is 10.1. The van der Waals surface area contributed by atoms with E-state index < -0.39 is 0 Å². The zero-order valence-corrected chi connectivity index (χ0v) is 12.8. The van der Waals surface area contributed by atoms with Crippen molar-refractivity contribution in [2.24, 2.45) is 5.92 Å². The Morgan fingerprint density at radius 2 is 2.29 bits per heavy atom. The Balaban J connectivity index is 2.07. The Hall–Kier alpha value is -1.17. The second-order valence-corrected chi connectivity index (χ2v) is 5.72. The Kier molecular flexibility index (Phi) is 5.96. The first kappa shape index (κ1) is 16.2. The van der Waals surface area contributed by atoms with Gasteiger partial charge in [-0.15, -0.1) is 0 Å². The molecule has 5 heteroatoms. The summed E-state index contributed by atoms with van der Waals surface area (Å²) in [5.41, 5.74) is 2.01. The molecule has 0 aromatic heterocycles. The van der Waals surface area contributed by atoms with Crippen LogP contribution in [0.5, 0.6) is 0 Å². The summed E-state index contributed by atoms with van der Waals surface area (Å²) in [7, 11) is 1.66. The maximum absolute atomic E-state index is 13.5. The number of nitrogens with one attached hydrogen (secondary N) is 1. The lowest BCUT2D eigenvalue weighted by molar-refractivity contribution is 0.0970. The summed E-state index contributed by atoms with van der Waals surface area (Å²) >= 11 is 0. The molecule has 1 aromatic rings. The van der Waals surface area contributed by atoms with Gasteiger partial charge < -0.3 is 20.1 Å². The largest absolute Gasteiger partial charge is 0.393 e. The standard InChI is InChI=1S/C16H25FN2O2/c1-12-11-19(7-5-16(12)20)15-4-3-14(17)9-13(15)10-18-6-8-21-2/h3-4,9,12,16,18,20H,5-8,10-11H2,1-2H3. The Labute approximate surface area is 125 Å². The number of piperidine rings is 1. The van der Waals surface area contributed by atoms with Gasteiger partial charge in [0.15, 0.2) is 0 Å². The molecule has 2 atom stereocenters. The fraction of sp³-hybridized carbons (Fsp3) is 0.625.